The van der Waals surface area contributed by atoms with Crippen LogP contribution in [0.15, 0.2) is 30.9 Å². The maximum atomic E-state index is 14.2. The largest absolute Gasteiger partial charge is 0.368 e. The molecule has 1 aliphatic heterocycles. The van der Waals surface area contributed by atoms with Gasteiger partial charge in [-0.05, 0) is 44.1 Å². The highest BCUT2D eigenvalue weighted by Crippen LogP contribution is 2.25. The van der Waals surface area contributed by atoms with Gasteiger partial charge in [-0.3, -0.25) is 4.79 Å². The van der Waals surface area contributed by atoms with Gasteiger partial charge in [0.2, 0.25) is 0 Å². The normalized spacial score (nSPS) is 17.0. The highest BCUT2D eigenvalue weighted by Gasteiger charge is 2.39. The number of hydrogen-bond donors (Lipinski definition) is 2. The number of rotatable bonds is 4. The number of carbonyl (C=O) groups is 1. The summed E-state index contributed by atoms with van der Waals surface area (Å²) < 4.78 is 21.0. The Morgan fingerprint density at radius 2 is 2.22 bits per heavy atom. The number of benzene rings is 1. The van der Waals surface area contributed by atoms with Crippen molar-refractivity contribution in [2.45, 2.75) is 18.4 Å². The third kappa shape index (κ3) is 3.08. The second-order valence-electron chi connectivity index (χ2n) is 5.41. The molecule has 0 atom stereocenters. The highest BCUT2D eigenvalue weighted by atomic mass is 19.1. The number of anilines is 1. The number of piperidine rings is 1. The number of methoxy groups -OCH3 is 1. The number of nitrogens with one attached hydrogen (secondary N) is 2. The Bertz CT molecular complexity index is 683. The van der Waals surface area contributed by atoms with Crippen LogP contribution in [0.5, 0.6) is 0 Å². The van der Waals surface area contributed by atoms with E-state index >= 15 is 0 Å². The fourth-order valence-electron chi connectivity index (χ4n) is 2.70. The van der Waals surface area contributed by atoms with E-state index in [-0.39, 0.29) is 11.6 Å². The lowest BCUT2D eigenvalue weighted by Gasteiger charge is -2.34. The van der Waals surface area contributed by atoms with E-state index in [1.165, 1.54) is 30.5 Å². The minimum absolute atomic E-state index is 0.255. The van der Waals surface area contributed by atoms with Gasteiger partial charge in [0.05, 0.1) is 0 Å². The second-order valence-corrected chi connectivity index (χ2v) is 5.41. The van der Waals surface area contributed by atoms with Gasteiger partial charge >= 0.3 is 0 Å². The molecule has 0 radical (unpaired) electrons. The Morgan fingerprint density at radius 3 is 2.83 bits per heavy atom. The maximum absolute atomic E-state index is 14.2. The number of amides is 1. The summed E-state index contributed by atoms with van der Waals surface area (Å²) in [5, 5.41) is 9.82. The molecule has 23 heavy (non-hydrogen) atoms. The summed E-state index contributed by atoms with van der Waals surface area (Å²) in [6.45, 7) is 1.42. The van der Waals surface area contributed by atoms with E-state index in [1.54, 1.807) is 12.1 Å². The Hall–Kier alpha value is -2.32. The minimum atomic E-state index is -0.869. The standard InChI is InChI=1S/C15H18FN5O2/c1-23-15(4-6-17-7-5-15)14(22)20-11-2-3-13(12(16)8-11)21-10-18-9-19-21/h2-3,8-10,17H,4-7H2,1H3,(H,20,22). The van der Waals surface area contributed by atoms with Crippen LogP contribution in [0.25, 0.3) is 5.69 Å². The van der Waals surface area contributed by atoms with Crippen LogP contribution in [0.2, 0.25) is 0 Å². The molecule has 7 nitrogen and oxygen atoms in total. The molecule has 1 fully saturated rings. The predicted molar refractivity (Wildman–Crippen MR) is 81.8 cm³/mol. The highest BCUT2D eigenvalue weighted by molar-refractivity contribution is 5.97. The number of carbonyl (C=O) groups excluding carboxylic acids is 1. The molecule has 2 N–H and O–H groups in total. The summed E-state index contributed by atoms with van der Waals surface area (Å²) in [5.41, 5.74) is -0.220. The molecule has 2 aromatic rings. The van der Waals surface area contributed by atoms with Gasteiger partial charge in [0.15, 0.2) is 5.82 Å². The quantitative estimate of drug-likeness (QED) is 0.882. The minimum Gasteiger partial charge on any atom is -0.368 e. The van der Waals surface area contributed by atoms with E-state index in [0.29, 0.717) is 31.6 Å². The number of ether oxygens (including phenoxy) is 1. The summed E-state index contributed by atoms with van der Waals surface area (Å²) in [6, 6.07) is 4.43. The molecule has 8 heteroatoms. The molecule has 0 saturated carbocycles. The Kier molecular flexibility index (Phi) is 4.35. The van der Waals surface area contributed by atoms with Crippen molar-refractivity contribution in [1.82, 2.24) is 20.1 Å². The van der Waals surface area contributed by atoms with Crippen molar-refractivity contribution in [3.05, 3.63) is 36.7 Å². The summed E-state index contributed by atoms with van der Waals surface area (Å²) in [4.78, 5) is 16.3. The first-order chi connectivity index (χ1) is 11.1. The molecule has 2 heterocycles. The van der Waals surface area contributed by atoms with Gasteiger partial charge in [-0.25, -0.2) is 14.1 Å². The molecule has 0 bridgehead atoms. The molecule has 0 spiro atoms. The molecule has 1 aromatic heterocycles. The zero-order chi connectivity index (χ0) is 16.3. The van der Waals surface area contributed by atoms with Crippen molar-refractivity contribution >= 4 is 11.6 Å². The maximum Gasteiger partial charge on any atom is 0.256 e. The van der Waals surface area contributed by atoms with E-state index < -0.39 is 11.4 Å². The van der Waals surface area contributed by atoms with Gasteiger partial charge < -0.3 is 15.4 Å². The van der Waals surface area contributed by atoms with E-state index in [4.69, 9.17) is 4.74 Å². The van der Waals surface area contributed by atoms with Gasteiger partial charge in [-0.15, -0.1) is 0 Å². The summed E-state index contributed by atoms with van der Waals surface area (Å²) in [6.07, 6.45) is 3.89. The monoisotopic (exact) mass is 319 g/mol. The van der Waals surface area contributed by atoms with Crippen molar-refractivity contribution in [2.24, 2.45) is 0 Å². The fourth-order valence-corrected chi connectivity index (χ4v) is 2.70. The zero-order valence-corrected chi connectivity index (χ0v) is 12.8. The molecule has 1 saturated heterocycles. The molecule has 0 unspecified atom stereocenters. The third-order valence-electron chi connectivity index (χ3n) is 4.09. The van der Waals surface area contributed by atoms with Gasteiger partial charge in [0, 0.05) is 12.8 Å². The number of aromatic nitrogens is 3. The van der Waals surface area contributed by atoms with Gasteiger partial charge in [-0.1, -0.05) is 0 Å². The smallest absolute Gasteiger partial charge is 0.256 e. The molecule has 1 aromatic carbocycles. The van der Waals surface area contributed by atoms with Crippen LogP contribution in [0.1, 0.15) is 12.8 Å². The first-order valence-corrected chi connectivity index (χ1v) is 7.36. The van der Waals surface area contributed by atoms with Crippen molar-refractivity contribution in [3.8, 4) is 5.69 Å². The second kappa shape index (κ2) is 6.43. The van der Waals surface area contributed by atoms with Gasteiger partial charge in [0.25, 0.3) is 5.91 Å². The Labute approximate surface area is 132 Å². The third-order valence-corrected chi connectivity index (χ3v) is 4.09. The molecular formula is C15H18FN5O2. The van der Waals surface area contributed by atoms with Crippen molar-refractivity contribution in [3.63, 3.8) is 0 Å². The van der Waals surface area contributed by atoms with Crippen molar-refractivity contribution in [1.29, 1.82) is 0 Å². The van der Waals surface area contributed by atoms with E-state index in [9.17, 15) is 9.18 Å². The lowest BCUT2D eigenvalue weighted by atomic mass is 9.91. The summed E-state index contributed by atoms with van der Waals surface area (Å²) in [7, 11) is 1.53. The van der Waals surface area contributed by atoms with Crippen LogP contribution < -0.4 is 10.6 Å². The Morgan fingerprint density at radius 1 is 1.43 bits per heavy atom. The molecule has 1 amide bonds. The zero-order valence-electron chi connectivity index (χ0n) is 12.8. The van der Waals surface area contributed by atoms with Crippen LogP contribution in [0, 0.1) is 5.82 Å². The lowest BCUT2D eigenvalue weighted by molar-refractivity contribution is -0.140. The SMILES string of the molecule is COC1(C(=O)Nc2ccc(-n3cncn3)c(F)c2)CCNCC1. The number of halogens is 1. The summed E-state index contributed by atoms with van der Waals surface area (Å²) in [5.74, 6) is -0.750. The van der Waals surface area contributed by atoms with Gasteiger partial charge in [-0.2, -0.15) is 5.10 Å². The number of hydrogen-bond acceptors (Lipinski definition) is 5. The summed E-state index contributed by atoms with van der Waals surface area (Å²) >= 11 is 0. The predicted octanol–water partition coefficient (Wildman–Crippen LogP) is 1.11. The number of nitrogens with zero attached hydrogens (tertiary/aromatic N) is 3. The van der Waals surface area contributed by atoms with Crippen LogP contribution >= 0.6 is 0 Å². The lowest BCUT2D eigenvalue weighted by Crippen LogP contribution is -2.51. The average molecular weight is 319 g/mol. The molecular weight excluding hydrogens is 301 g/mol. The molecule has 122 valence electrons. The van der Waals surface area contributed by atoms with E-state index in [2.05, 4.69) is 20.7 Å². The van der Waals surface area contributed by atoms with Crippen LogP contribution in [-0.4, -0.2) is 46.5 Å². The topological polar surface area (TPSA) is 81.1 Å². The van der Waals surface area contributed by atoms with Crippen molar-refractivity contribution < 1.29 is 13.9 Å². The first kappa shape index (κ1) is 15.6. The average Bonchev–Trinajstić information content (AvgIpc) is 3.09. The van der Waals surface area contributed by atoms with Crippen molar-refractivity contribution in [2.75, 3.05) is 25.5 Å². The van der Waals surface area contributed by atoms with E-state index in [0.717, 1.165) is 0 Å². The molecule has 0 aliphatic carbocycles. The van der Waals surface area contributed by atoms with Crippen LogP contribution in [-0.2, 0) is 9.53 Å². The molecule has 1 aliphatic rings. The van der Waals surface area contributed by atoms with Gasteiger partial charge in [0.1, 0.15) is 23.9 Å². The van der Waals surface area contributed by atoms with Crippen LogP contribution in [0.4, 0.5) is 10.1 Å². The van der Waals surface area contributed by atoms with Crippen LogP contribution in [0.3, 0.4) is 0 Å². The fraction of sp³-hybridized carbons (Fsp3) is 0.400. The molecule has 3 rings (SSSR count). The van der Waals surface area contributed by atoms with E-state index in [1.807, 2.05) is 0 Å². The first-order valence-electron chi connectivity index (χ1n) is 7.36. The Balaban J connectivity index is 1.77.